The maximum absolute atomic E-state index is 10.8. The number of H-pyrrole nitrogens is 1. The van der Waals surface area contributed by atoms with Crippen molar-refractivity contribution in [1.29, 1.82) is 0 Å². The average molecular weight is 271 g/mol. The van der Waals surface area contributed by atoms with Crippen molar-refractivity contribution in [3.63, 3.8) is 0 Å². The van der Waals surface area contributed by atoms with Gasteiger partial charge in [-0.2, -0.15) is 0 Å². The zero-order chi connectivity index (χ0) is 14.1. The number of aromatic amines is 1. The highest BCUT2D eigenvalue weighted by Crippen LogP contribution is 2.20. The quantitative estimate of drug-likeness (QED) is 0.439. The van der Waals surface area contributed by atoms with Crippen LogP contribution in [-0.4, -0.2) is 39.5 Å². The van der Waals surface area contributed by atoms with Crippen molar-refractivity contribution in [3.05, 3.63) is 34.5 Å². The first-order chi connectivity index (χ1) is 9.67. The van der Waals surface area contributed by atoms with Crippen LogP contribution in [0.3, 0.4) is 0 Å². The number of rotatable bonds is 3. The molecule has 0 saturated carbocycles. The van der Waals surface area contributed by atoms with E-state index in [1.54, 1.807) is 18.2 Å². The number of benzene rings is 1. The summed E-state index contributed by atoms with van der Waals surface area (Å²) < 4.78 is 0. The van der Waals surface area contributed by atoms with Gasteiger partial charge in [-0.15, -0.1) is 0 Å². The highest BCUT2D eigenvalue weighted by atomic mass is 16.4. The minimum atomic E-state index is -0.978. The second-order valence-electron chi connectivity index (χ2n) is 4.19. The van der Waals surface area contributed by atoms with Gasteiger partial charge in [-0.1, -0.05) is 11.2 Å². The predicted octanol–water partition coefficient (Wildman–Crippen LogP) is 1.31. The molecule has 0 spiro atoms. The van der Waals surface area contributed by atoms with Crippen LogP contribution in [-0.2, 0) is 4.79 Å². The molecule has 1 unspecified atom stereocenters. The van der Waals surface area contributed by atoms with Gasteiger partial charge in [-0.25, -0.2) is 14.8 Å². The van der Waals surface area contributed by atoms with Crippen LogP contribution in [0.25, 0.3) is 21.5 Å². The summed E-state index contributed by atoms with van der Waals surface area (Å²) in [4.78, 5) is 24.9. The molecule has 3 N–H and O–H groups in total. The number of hydrogen-bond acceptors (Lipinski definition) is 5. The molecule has 0 amide bonds. The molecule has 0 bridgehead atoms. The predicted molar refractivity (Wildman–Crippen MR) is 70.9 cm³/mol. The molecule has 1 aliphatic heterocycles. The molecule has 1 aromatic heterocycles. The van der Waals surface area contributed by atoms with E-state index in [1.807, 2.05) is 0 Å². The lowest BCUT2D eigenvalue weighted by Gasteiger charge is -1.95. The number of aromatic nitrogens is 2. The molecule has 20 heavy (non-hydrogen) atoms. The van der Waals surface area contributed by atoms with Gasteiger partial charge in [0, 0.05) is 17.1 Å². The Hall–Kier alpha value is -3.06. The first kappa shape index (κ1) is 12.0. The van der Waals surface area contributed by atoms with Gasteiger partial charge in [0.1, 0.15) is 0 Å². The minimum Gasteiger partial charge on any atom is -0.480 e. The maximum atomic E-state index is 10.8. The zero-order valence-corrected chi connectivity index (χ0v) is 10.1. The Balaban J connectivity index is 1.99. The number of carbonyl (C=O) groups is 1. The largest absolute Gasteiger partial charge is 0.480 e. The second kappa shape index (κ2) is 4.56. The molecule has 9 nitrogen and oxygen atoms in total. The third-order valence-electron chi connectivity index (χ3n) is 2.88. The first-order valence-electron chi connectivity index (χ1n) is 5.77. The normalized spacial score (nSPS) is 17.4. The van der Waals surface area contributed by atoms with Gasteiger partial charge in [0.05, 0.1) is 11.0 Å². The summed E-state index contributed by atoms with van der Waals surface area (Å²) in [5, 5.41) is 15.3. The molecule has 2 heterocycles. The molecule has 3 rings (SSSR count). The third kappa shape index (κ3) is 2.02. The molecular formula is C11H9N7O2. The van der Waals surface area contributed by atoms with Gasteiger partial charge >= 0.3 is 5.97 Å². The number of aliphatic imine (C=N–C) groups is 1. The van der Waals surface area contributed by atoms with Crippen LogP contribution in [0.4, 0.5) is 5.69 Å². The molecule has 1 aromatic carbocycles. The summed E-state index contributed by atoms with van der Waals surface area (Å²) in [6, 6.07) is 4.23. The summed E-state index contributed by atoms with van der Waals surface area (Å²) in [6.07, 6.45) is 0. The number of fused-ring (bicyclic) bond motifs is 1. The number of amidine groups is 1. The summed E-state index contributed by atoms with van der Waals surface area (Å²) in [7, 11) is 0. The molecule has 100 valence electrons. The molecule has 1 aliphatic rings. The van der Waals surface area contributed by atoms with Crippen LogP contribution in [0.2, 0.25) is 0 Å². The lowest BCUT2D eigenvalue weighted by molar-refractivity contribution is -0.138. The van der Waals surface area contributed by atoms with Crippen molar-refractivity contribution >= 4 is 28.5 Å². The van der Waals surface area contributed by atoms with E-state index < -0.39 is 12.0 Å². The topological polar surface area (TPSA) is 139 Å². The van der Waals surface area contributed by atoms with E-state index in [9.17, 15) is 4.79 Å². The van der Waals surface area contributed by atoms with Gasteiger partial charge in [-0.3, -0.25) is 0 Å². The van der Waals surface area contributed by atoms with Crippen LogP contribution >= 0.6 is 0 Å². The van der Waals surface area contributed by atoms with Gasteiger partial charge < -0.3 is 15.4 Å². The molecule has 0 aliphatic carbocycles. The number of imidazole rings is 1. The molecule has 9 heteroatoms. The van der Waals surface area contributed by atoms with Crippen LogP contribution < -0.4 is 5.32 Å². The Labute approximate surface area is 112 Å². The van der Waals surface area contributed by atoms with Crippen molar-refractivity contribution in [2.24, 2.45) is 10.1 Å². The van der Waals surface area contributed by atoms with Crippen molar-refractivity contribution in [2.45, 2.75) is 6.04 Å². The molecule has 1 atom stereocenters. The Morgan fingerprint density at radius 2 is 2.40 bits per heavy atom. The fourth-order valence-electron chi connectivity index (χ4n) is 1.95. The van der Waals surface area contributed by atoms with E-state index in [0.717, 1.165) is 0 Å². The molecule has 2 aromatic rings. The number of nitrogens with one attached hydrogen (secondary N) is 2. The van der Waals surface area contributed by atoms with Crippen LogP contribution in [0.15, 0.2) is 28.3 Å². The van der Waals surface area contributed by atoms with Gasteiger partial charge in [0.15, 0.2) is 17.7 Å². The first-order valence-corrected chi connectivity index (χ1v) is 5.77. The zero-order valence-electron chi connectivity index (χ0n) is 10.1. The fraction of sp³-hybridized carbons (Fsp3) is 0.182. The number of nitrogens with zero attached hydrogens (tertiary/aromatic N) is 5. The Kier molecular flexibility index (Phi) is 2.73. The number of azide groups is 1. The third-order valence-corrected chi connectivity index (χ3v) is 2.88. The second-order valence-corrected chi connectivity index (χ2v) is 4.19. The van der Waals surface area contributed by atoms with Crippen molar-refractivity contribution in [3.8, 4) is 0 Å². The number of aliphatic carboxylic acids is 1. The van der Waals surface area contributed by atoms with Crippen LogP contribution in [0.1, 0.15) is 5.82 Å². The van der Waals surface area contributed by atoms with Gasteiger partial charge in [0.25, 0.3) is 0 Å². The van der Waals surface area contributed by atoms with Crippen molar-refractivity contribution in [1.82, 2.24) is 15.3 Å². The summed E-state index contributed by atoms with van der Waals surface area (Å²) in [5.41, 5.74) is 10.2. The summed E-state index contributed by atoms with van der Waals surface area (Å²) in [6.45, 7) is 0.242. The van der Waals surface area contributed by atoms with Crippen LogP contribution in [0.5, 0.6) is 0 Å². The maximum Gasteiger partial charge on any atom is 0.330 e. The smallest absolute Gasteiger partial charge is 0.330 e. The Morgan fingerprint density at radius 3 is 3.10 bits per heavy atom. The highest BCUT2D eigenvalue weighted by Gasteiger charge is 2.25. The summed E-state index contributed by atoms with van der Waals surface area (Å²) in [5.74, 6) is -0.102. The van der Waals surface area contributed by atoms with E-state index in [1.165, 1.54) is 0 Å². The number of carboxylic acid groups (broad SMARTS) is 1. The van der Waals surface area contributed by atoms with E-state index in [-0.39, 0.29) is 6.54 Å². The fourth-order valence-corrected chi connectivity index (χ4v) is 1.95. The molecular weight excluding hydrogens is 262 g/mol. The van der Waals surface area contributed by atoms with Crippen molar-refractivity contribution < 1.29 is 9.90 Å². The summed E-state index contributed by atoms with van der Waals surface area (Å²) >= 11 is 0. The van der Waals surface area contributed by atoms with E-state index in [2.05, 4.69) is 30.3 Å². The monoisotopic (exact) mass is 271 g/mol. The van der Waals surface area contributed by atoms with E-state index >= 15 is 0 Å². The van der Waals surface area contributed by atoms with Gasteiger partial charge in [0.2, 0.25) is 0 Å². The van der Waals surface area contributed by atoms with E-state index in [0.29, 0.717) is 28.4 Å². The lowest BCUT2D eigenvalue weighted by atomic mass is 10.3. The van der Waals surface area contributed by atoms with Crippen molar-refractivity contribution in [2.75, 3.05) is 6.54 Å². The Bertz CT molecular complexity index is 772. The Morgan fingerprint density at radius 1 is 1.55 bits per heavy atom. The SMILES string of the molecule is [N-]=[N+]=Nc1ccc2nc(C3=NC(C(=O)O)CN3)[nH]c2c1. The average Bonchev–Trinajstić information content (AvgIpc) is 3.05. The molecule has 0 fully saturated rings. The van der Waals surface area contributed by atoms with Gasteiger partial charge in [-0.05, 0) is 17.7 Å². The molecule has 0 saturated heterocycles. The standard InChI is InChI=1S/C11H9N7O2/c12-18-17-5-1-2-6-7(3-5)15-10(14-6)9-13-4-8(16-9)11(19)20/h1-3,8H,4H2,(H,13,16)(H,14,15)(H,19,20). The number of carboxylic acids is 1. The highest BCUT2D eigenvalue weighted by molar-refractivity contribution is 6.01. The minimum absolute atomic E-state index is 0.242. The number of hydrogen-bond donors (Lipinski definition) is 3. The van der Waals surface area contributed by atoms with E-state index in [4.69, 9.17) is 10.6 Å². The lowest BCUT2D eigenvalue weighted by Crippen LogP contribution is -2.26. The molecule has 0 radical (unpaired) electrons. The van der Waals surface area contributed by atoms with Crippen LogP contribution in [0, 0.1) is 0 Å².